The molecule has 3 aliphatic rings. The number of hydrogen-bond acceptors (Lipinski definition) is 5. The van der Waals surface area contributed by atoms with Gasteiger partial charge >= 0.3 is 0 Å². The molecular formula is C31H35BrN2O4. The number of carbonyl (C=O) groups excluding carboxylic acids is 2. The van der Waals surface area contributed by atoms with Crippen molar-refractivity contribution in [2.45, 2.75) is 52.6 Å². The number of ether oxygens (including phenoxy) is 1. The number of halogens is 1. The van der Waals surface area contributed by atoms with Crippen LogP contribution >= 0.6 is 15.9 Å². The SMILES string of the molecule is CCCN1C(=O)[C@@H]2[C@@H](CC(C(C)C)=C3[C@@H](CC/C(=C/c4cc(Br)ccc4O)c4ccccn4)OC[C@@H]32)C1=O. The maximum atomic E-state index is 13.4. The van der Waals surface area contributed by atoms with Crippen molar-refractivity contribution in [2.24, 2.45) is 23.7 Å². The molecule has 1 aromatic carbocycles. The Balaban J connectivity index is 1.44. The zero-order valence-electron chi connectivity index (χ0n) is 22.2. The molecule has 4 atom stereocenters. The highest BCUT2D eigenvalue weighted by atomic mass is 79.9. The second-order valence-corrected chi connectivity index (χ2v) is 11.8. The van der Waals surface area contributed by atoms with Crippen molar-refractivity contribution in [3.63, 3.8) is 0 Å². The molecule has 1 aromatic heterocycles. The number of amides is 2. The number of fused-ring (bicyclic) bond motifs is 3. The van der Waals surface area contributed by atoms with E-state index in [4.69, 9.17) is 4.74 Å². The number of rotatable bonds is 8. The summed E-state index contributed by atoms with van der Waals surface area (Å²) >= 11 is 3.50. The number of carbonyl (C=O) groups is 2. The molecule has 2 aromatic rings. The lowest BCUT2D eigenvalue weighted by Gasteiger charge is -2.33. The van der Waals surface area contributed by atoms with E-state index in [9.17, 15) is 14.7 Å². The van der Waals surface area contributed by atoms with Crippen molar-refractivity contribution in [3.8, 4) is 5.75 Å². The zero-order chi connectivity index (χ0) is 27.0. The minimum Gasteiger partial charge on any atom is -0.507 e. The van der Waals surface area contributed by atoms with Crippen LogP contribution in [0.2, 0.25) is 0 Å². The van der Waals surface area contributed by atoms with Gasteiger partial charge in [-0.15, -0.1) is 0 Å². The smallest absolute Gasteiger partial charge is 0.233 e. The number of phenols is 1. The number of imide groups is 1. The number of phenolic OH excluding ortho intramolecular Hbond substituents is 1. The van der Waals surface area contributed by atoms with Crippen molar-refractivity contribution in [2.75, 3.05) is 13.2 Å². The number of nitrogens with zero attached hydrogens (tertiary/aromatic N) is 2. The van der Waals surface area contributed by atoms with Crippen molar-refractivity contribution in [1.29, 1.82) is 0 Å². The van der Waals surface area contributed by atoms with Gasteiger partial charge in [0.2, 0.25) is 11.8 Å². The number of benzene rings is 1. The molecule has 2 fully saturated rings. The van der Waals surface area contributed by atoms with Gasteiger partial charge in [0, 0.05) is 28.7 Å². The molecule has 3 heterocycles. The third kappa shape index (κ3) is 4.98. The standard InChI is InChI=1S/C31H35BrN2O4/c1-4-13-34-30(36)23-16-22(18(2)3)28-24(29(23)31(34)37)17-38-27(28)11-8-19(25-7-5-6-12-33-25)14-20-15-21(32)9-10-26(20)35/h5-7,9-10,12,14-15,18,23-24,27,29,35H,4,8,11,13,16-17H2,1-3H3/b19-14-/t23-,24+,27-,29-/m1/s1. The highest BCUT2D eigenvalue weighted by molar-refractivity contribution is 9.10. The molecule has 0 radical (unpaired) electrons. The summed E-state index contributed by atoms with van der Waals surface area (Å²) in [6.45, 7) is 7.33. The van der Waals surface area contributed by atoms with E-state index >= 15 is 0 Å². The van der Waals surface area contributed by atoms with Crippen LogP contribution in [0, 0.1) is 23.7 Å². The van der Waals surface area contributed by atoms with Crippen molar-refractivity contribution >= 4 is 39.4 Å². The fourth-order valence-electron chi connectivity index (χ4n) is 6.41. The third-order valence-electron chi connectivity index (χ3n) is 8.17. The Bertz CT molecular complexity index is 1290. The molecule has 0 spiro atoms. The first-order valence-corrected chi connectivity index (χ1v) is 14.4. The van der Waals surface area contributed by atoms with Gasteiger partial charge in [0.1, 0.15) is 5.75 Å². The Labute approximate surface area is 232 Å². The summed E-state index contributed by atoms with van der Waals surface area (Å²) in [6, 6.07) is 11.2. The van der Waals surface area contributed by atoms with Crippen LogP contribution in [0.3, 0.4) is 0 Å². The molecule has 0 saturated carbocycles. The highest BCUT2D eigenvalue weighted by Gasteiger charge is 2.56. The molecule has 200 valence electrons. The molecule has 1 aliphatic carbocycles. The predicted molar refractivity (Wildman–Crippen MR) is 151 cm³/mol. The molecule has 6 nitrogen and oxygen atoms in total. The summed E-state index contributed by atoms with van der Waals surface area (Å²) in [7, 11) is 0. The Morgan fingerprint density at radius 2 is 2.03 bits per heavy atom. The molecule has 0 bridgehead atoms. The number of hydrogen-bond donors (Lipinski definition) is 1. The van der Waals surface area contributed by atoms with Crippen molar-refractivity contribution < 1.29 is 19.4 Å². The quantitative estimate of drug-likeness (QED) is 0.295. The van der Waals surface area contributed by atoms with E-state index in [0.29, 0.717) is 26.0 Å². The molecule has 5 rings (SSSR count). The van der Waals surface area contributed by atoms with Crippen LogP contribution in [0.5, 0.6) is 5.75 Å². The van der Waals surface area contributed by atoms with E-state index in [2.05, 4.69) is 34.8 Å². The maximum Gasteiger partial charge on any atom is 0.233 e. The zero-order valence-corrected chi connectivity index (χ0v) is 23.8. The minimum absolute atomic E-state index is 0.00305. The molecule has 38 heavy (non-hydrogen) atoms. The van der Waals surface area contributed by atoms with Gasteiger partial charge < -0.3 is 9.84 Å². The first-order chi connectivity index (χ1) is 18.3. The van der Waals surface area contributed by atoms with Gasteiger partial charge in [-0.25, -0.2) is 0 Å². The van der Waals surface area contributed by atoms with E-state index in [-0.39, 0.29) is 47.3 Å². The van der Waals surface area contributed by atoms with Gasteiger partial charge in [-0.1, -0.05) is 48.3 Å². The van der Waals surface area contributed by atoms with Crippen LogP contribution in [0.4, 0.5) is 0 Å². The van der Waals surface area contributed by atoms with Crippen molar-refractivity contribution in [3.05, 3.63) is 69.5 Å². The van der Waals surface area contributed by atoms with E-state index in [1.54, 1.807) is 12.3 Å². The van der Waals surface area contributed by atoms with Crippen LogP contribution < -0.4 is 0 Å². The lowest BCUT2D eigenvalue weighted by molar-refractivity contribution is -0.140. The van der Waals surface area contributed by atoms with Crippen LogP contribution in [0.15, 0.2) is 58.2 Å². The van der Waals surface area contributed by atoms with Gasteiger partial charge in [0.25, 0.3) is 0 Å². The Kier molecular flexibility index (Phi) is 7.87. The van der Waals surface area contributed by atoms with Crippen LogP contribution in [-0.4, -0.2) is 46.1 Å². The number of aromatic hydroxyl groups is 1. The molecule has 2 saturated heterocycles. The lowest BCUT2D eigenvalue weighted by Crippen LogP contribution is -2.35. The number of pyridine rings is 1. The number of allylic oxidation sites excluding steroid dienone is 2. The predicted octanol–water partition coefficient (Wildman–Crippen LogP) is 6.25. The maximum absolute atomic E-state index is 13.4. The van der Waals surface area contributed by atoms with Crippen LogP contribution in [0.1, 0.15) is 57.7 Å². The van der Waals surface area contributed by atoms with E-state index < -0.39 is 0 Å². The van der Waals surface area contributed by atoms with E-state index in [1.165, 1.54) is 16.0 Å². The average molecular weight is 580 g/mol. The third-order valence-corrected chi connectivity index (χ3v) is 8.66. The summed E-state index contributed by atoms with van der Waals surface area (Å²) in [5, 5.41) is 10.5. The summed E-state index contributed by atoms with van der Waals surface area (Å²) in [4.78, 5) is 32.6. The summed E-state index contributed by atoms with van der Waals surface area (Å²) in [6.07, 6.45) is 6.50. The van der Waals surface area contributed by atoms with Gasteiger partial charge in [0.05, 0.1) is 30.2 Å². The Hall–Kier alpha value is -2.77. The largest absolute Gasteiger partial charge is 0.507 e. The van der Waals surface area contributed by atoms with E-state index in [0.717, 1.165) is 34.1 Å². The van der Waals surface area contributed by atoms with Crippen molar-refractivity contribution in [1.82, 2.24) is 9.88 Å². The fourth-order valence-corrected chi connectivity index (χ4v) is 6.79. The average Bonchev–Trinajstić information content (AvgIpc) is 3.43. The summed E-state index contributed by atoms with van der Waals surface area (Å²) in [5.41, 5.74) is 5.11. The normalized spacial score (nSPS) is 25.4. The van der Waals surface area contributed by atoms with Gasteiger partial charge in [0.15, 0.2) is 0 Å². The van der Waals surface area contributed by atoms with Gasteiger partial charge in [-0.05, 0) is 79.2 Å². The Morgan fingerprint density at radius 3 is 2.74 bits per heavy atom. The van der Waals surface area contributed by atoms with Gasteiger partial charge in [-0.3, -0.25) is 19.5 Å². The monoisotopic (exact) mass is 578 g/mol. The second-order valence-electron chi connectivity index (χ2n) is 10.9. The highest BCUT2D eigenvalue weighted by Crippen LogP contribution is 2.51. The summed E-state index contributed by atoms with van der Waals surface area (Å²) in [5.74, 6) is -0.127. The van der Waals surface area contributed by atoms with Gasteiger partial charge in [-0.2, -0.15) is 0 Å². The molecule has 7 heteroatoms. The first-order valence-electron chi connectivity index (χ1n) is 13.6. The Morgan fingerprint density at radius 1 is 1.21 bits per heavy atom. The first kappa shape index (κ1) is 26.8. The minimum atomic E-state index is -0.305. The fraction of sp³-hybridized carbons (Fsp3) is 0.452. The van der Waals surface area contributed by atoms with Crippen LogP contribution in [-0.2, 0) is 14.3 Å². The second kappa shape index (κ2) is 11.1. The number of aromatic nitrogens is 1. The molecule has 1 N–H and O–H groups in total. The van der Waals surface area contributed by atoms with Crippen LogP contribution in [0.25, 0.3) is 11.6 Å². The molecule has 0 unspecified atom stereocenters. The molecular weight excluding hydrogens is 544 g/mol. The molecule has 2 aliphatic heterocycles. The molecule has 2 amide bonds. The topological polar surface area (TPSA) is 79.7 Å². The van der Waals surface area contributed by atoms with E-state index in [1.807, 2.05) is 43.3 Å². The number of likely N-dealkylation sites (tertiary alicyclic amines) is 1. The lowest BCUT2D eigenvalue weighted by atomic mass is 9.67. The summed E-state index contributed by atoms with van der Waals surface area (Å²) < 4.78 is 7.29.